The topological polar surface area (TPSA) is 52.0 Å². The van der Waals surface area contributed by atoms with E-state index in [-0.39, 0.29) is 0 Å². The Morgan fingerprint density at radius 2 is 1.96 bits per heavy atom. The fourth-order valence-electron chi connectivity index (χ4n) is 3.86. The summed E-state index contributed by atoms with van der Waals surface area (Å²) in [5.74, 6) is 0.528. The Hall–Kier alpha value is -1.53. The molecular formula is C19H31N5O. The first-order valence-corrected chi connectivity index (χ1v) is 9.60. The van der Waals surface area contributed by atoms with Gasteiger partial charge in [-0.15, -0.1) is 0 Å². The highest BCUT2D eigenvalue weighted by Crippen LogP contribution is 2.25. The van der Waals surface area contributed by atoms with E-state index in [9.17, 15) is 4.91 Å². The van der Waals surface area contributed by atoms with Gasteiger partial charge in [-0.1, -0.05) is 19.0 Å². The predicted octanol–water partition coefficient (Wildman–Crippen LogP) is 2.48. The lowest BCUT2D eigenvalue weighted by atomic mass is 10.0. The average Bonchev–Trinajstić information content (AvgIpc) is 2.60. The number of aryl methyl sites for hydroxylation is 1. The van der Waals surface area contributed by atoms with Gasteiger partial charge in [0.2, 0.25) is 0 Å². The van der Waals surface area contributed by atoms with E-state index < -0.39 is 0 Å². The largest absolute Gasteiger partial charge is 0.368 e. The van der Waals surface area contributed by atoms with Gasteiger partial charge in [-0.3, -0.25) is 14.8 Å². The first kappa shape index (κ1) is 18.3. The van der Waals surface area contributed by atoms with E-state index >= 15 is 0 Å². The lowest BCUT2D eigenvalue weighted by Crippen LogP contribution is -2.63. The smallest absolute Gasteiger partial charge is 0.0938 e. The fraction of sp³-hybridized carbons (Fsp3) is 0.737. The number of hydrogen-bond donors (Lipinski definition) is 0. The Labute approximate surface area is 151 Å². The van der Waals surface area contributed by atoms with Gasteiger partial charge in [-0.05, 0) is 31.4 Å². The number of anilines is 1. The van der Waals surface area contributed by atoms with E-state index in [0.717, 1.165) is 57.9 Å². The number of nitrogens with zero attached hydrogens (tertiary/aromatic N) is 5. The van der Waals surface area contributed by atoms with Crippen LogP contribution in [0.25, 0.3) is 0 Å². The van der Waals surface area contributed by atoms with Crippen LogP contribution in [0.1, 0.15) is 37.6 Å². The quantitative estimate of drug-likeness (QED) is 0.711. The van der Waals surface area contributed by atoms with Crippen molar-refractivity contribution in [3.05, 3.63) is 28.4 Å². The number of aromatic nitrogens is 1. The second kappa shape index (κ2) is 8.23. The third-order valence-electron chi connectivity index (χ3n) is 5.81. The Morgan fingerprint density at radius 1 is 1.24 bits per heavy atom. The van der Waals surface area contributed by atoms with Crippen LogP contribution < -0.4 is 4.90 Å². The third kappa shape index (κ3) is 4.18. The molecule has 25 heavy (non-hydrogen) atoms. The Kier molecular flexibility index (Phi) is 6.02. The normalized spacial score (nSPS) is 21.2. The molecule has 0 spiro atoms. The van der Waals surface area contributed by atoms with Gasteiger partial charge in [0.05, 0.1) is 17.9 Å². The molecule has 1 unspecified atom stereocenters. The summed E-state index contributed by atoms with van der Waals surface area (Å²) >= 11 is 0. The van der Waals surface area contributed by atoms with Crippen molar-refractivity contribution >= 4 is 5.69 Å². The summed E-state index contributed by atoms with van der Waals surface area (Å²) in [7, 11) is 0. The molecule has 0 saturated carbocycles. The number of hydrogen-bond acceptors (Lipinski definition) is 6. The maximum atomic E-state index is 10.2. The molecule has 1 aromatic heterocycles. The molecule has 1 atom stereocenters. The molecule has 3 rings (SSSR count). The molecule has 3 heterocycles. The minimum Gasteiger partial charge on any atom is -0.368 e. The average molecular weight is 345 g/mol. The number of piperazine rings is 1. The van der Waals surface area contributed by atoms with E-state index in [1.165, 1.54) is 11.4 Å². The van der Waals surface area contributed by atoms with Crippen molar-refractivity contribution in [2.24, 2.45) is 5.18 Å². The lowest BCUT2D eigenvalue weighted by molar-refractivity contribution is 0.0330. The molecule has 138 valence electrons. The zero-order valence-corrected chi connectivity index (χ0v) is 15.8. The van der Waals surface area contributed by atoms with Crippen LogP contribution >= 0.6 is 0 Å². The summed E-state index contributed by atoms with van der Waals surface area (Å²) in [6, 6.07) is 5.12. The standard InChI is InChI=1S/C19H31N5O/c1-4-15(2)18-5-6-19(16(3)21-18)24-11-9-23(10-12-24)17-13-22(14-17)8-7-20-25/h5-6,15,17H,4,7-14H2,1-3H3. The van der Waals surface area contributed by atoms with Gasteiger partial charge in [0, 0.05) is 57.5 Å². The second-order valence-corrected chi connectivity index (χ2v) is 7.44. The van der Waals surface area contributed by atoms with Crippen LogP contribution in [0.3, 0.4) is 0 Å². The zero-order valence-electron chi connectivity index (χ0n) is 15.8. The maximum absolute atomic E-state index is 10.2. The monoisotopic (exact) mass is 345 g/mol. The summed E-state index contributed by atoms with van der Waals surface area (Å²) in [6.45, 7) is 14.3. The minimum absolute atomic E-state index is 0.416. The van der Waals surface area contributed by atoms with Crippen LogP contribution in [0.5, 0.6) is 0 Å². The molecule has 1 aromatic rings. The molecule has 0 aromatic carbocycles. The molecule has 6 nitrogen and oxygen atoms in total. The highest BCUT2D eigenvalue weighted by Gasteiger charge is 2.33. The third-order valence-corrected chi connectivity index (χ3v) is 5.81. The molecule has 0 amide bonds. The predicted molar refractivity (Wildman–Crippen MR) is 102 cm³/mol. The zero-order chi connectivity index (χ0) is 17.8. The van der Waals surface area contributed by atoms with Gasteiger partial charge in [0.25, 0.3) is 0 Å². The van der Waals surface area contributed by atoms with Crippen molar-refractivity contribution in [3.8, 4) is 0 Å². The Morgan fingerprint density at radius 3 is 2.56 bits per heavy atom. The molecule has 2 aliphatic heterocycles. The summed E-state index contributed by atoms with van der Waals surface area (Å²) in [4.78, 5) is 22.4. The van der Waals surface area contributed by atoms with Gasteiger partial charge < -0.3 is 4.90 Å². The summed E-state index contributed by atoms with van der Waals surface area (Å²) in [5, 5.41) is 2.95. The van der Waals surface area contributed by atoms with Crippen LogP contribution in [0, 0.1) is 11.8 Å². The van der Waals surface area contributed by atoms with Crippen molar-refractivity contribution in [1.29, 1.82) is 0 Å². The number of rotatable bonds is 7. The molecule has 0 aliphatic carbocycles. The van der Waals surface area contributed by atoms with Crippen LogP contribution in [0.15, 0.2) is 17.3 Å². The van der Waals surface area contributed by atoms with E-state index in [1.807, 2.05) is 0 Å². The SMILES string of the molecule is CCC(C)c1ccc(N2CCN(C3CN(CCN=O)C3)CC2)c(C)n1. The molecular weight excluding hydrogens is 314 g/mol. The first-order chi connectivity index (χ1) is 12.1. The van der Waals surface area contributed by atoms with Crippen molar-refractivity contribution in [2.45, 2.75) is 39.2 Å². The van der Waals surface area contributed by atoms with Crippen molar-refractivity contribution in [3.63, 3.8) is 0 Å². The highest BCUT2D eigenvalue weighted by molar-refractivity contribution is 5.51. The van der Waals surface area contributed by atoms with Gasteiger partial charge in [-0.2, -0.15) is 4.91 Å². The van der Waals surface area contributed by atoms with E-state index in [1.54, 1.807) is 0 Å². The van der Waals surface area contributed by atoms with Gasteiger partial charge in [0.15, 0.2) is 0 Å². The molecule has 2 fully saturated rings. The first-order valence-electron chi connectivity index (χ1n) is 9.60. The Balaban J connectivity index is 1.50. The molecule has 2 saturated heterocycles. The van der Waals surface area contributed by atoms with Gasteiger partial charge >= 0.3 is 0 Å². The van der Waals surface area contributed by atoms with E-state index in [4.69, 9.17) is 4.98 Å². The maximum Gasteiger partial charge on any atom is 0.0938 e. The summed E-state index contributed by atoms with van der Waals surface area (Å²) in [6.07, 6.45) is 1.13. The van der Waals surface area contributed by atoms with E-state index in [0.29, 0.717) is 18.5 Å². The summed E-state index contributed by atoms with van der Waals surface area (Å²) in [5.41, 5.74) is 3.66. The molecule has 0 bridgehead atoms. The van der Waals surface area contributed by atoms with Crippen LogP contribution in [-0.4, -0.2) is 73.2 Å². The van der Waals surface area contributed by atoms with Crippen LogP contribution in [0.4, 0.5) is 5.69 Å². The second-order valence-electron chi connectivity index (χ2n) is 7.44. The van der Waals surface area contributed by atoms with Crippen molar-refractivity contribution in [2.75, 3.05) is 57.3 Å². The Bertz CT molecular complexity index is 579. The molecule has 0 radical (unpaired) electrons. The number of likely N-dealkylation sites (tertiary alicyclic amines) is 1. The van der Waals surface area contributed by atoms with Gasteiger partial charge in [0.1, 0.15) is 0 Å². The van der Waals surface area contributed by atoms with Crippen LogP contribution in [0.2, 0.25) is 0 Å². The van der Waals surface area contributed by atoms with Crippen LogP contribution in [-0.2, 0) is 0 Å². The molecule has 2 aliphatic rings. The number of pyridine rings is 1. The summed E-state index contributed by atoms with van der Waals surface area (Å²) < 4.78 is 0. The van der Waals surface area contributed by atoms with Crippen molar-refractivity contribution in [1.82, 2.24) is 14.8 Å². The lowest BCUT2D eigenvalue weighted by Gasteiger charge is -2.48. The fourth-order valence-corrected chi connectivity index (χ4v) is 3.86. The van der Waals surface area contributed by atoms with E-state index in [2.05, 4.69) is 52.8 Å². The minimum atomic E-state index is 0.416. The molecule has 6 heteroatoms. The van der Waals surface area contributed by atoms with Crippen molar-refractivity contribution < 1.29 is 0 Å². The number of nitroso groups, excluding NO2 is 1. The highest BCUT2D eigenvalue weighted by atomic mass is 16.3. The molecule has 0 N–H and O–H groups in total. The van der Waals surface area contributed by atoms with Gasteiger partial charge in [-0.25, -0.2) is 0 Å².